The summed E-state index contributed by atoms with van der Waals surface area (Å²) in [4.78, 5) is 49.1. The van der Waals surface area contributed by atoms with E-state index in [0.717, 1.165) is 32.9 Å². The Morgan fingerprint density at radius 2 is 1.39 bits per heavy atom. The lowest BCUT2D eigenvalue weighted by atomic mass is 10.2. The number of hydrogen-bond donors (Lipinski definition) is 0. The van der Waals surface area contributed by atoms with Gasteiger partial charge >= 0.3 is 11.8 Å². The number of carbonyl (C=O) groups excluding carboxylic acids is 3. The van der Waals surface area contributed by atoms with Crippen molar-refractivity contribution in [1.29, 1.82) is 0 Å². The minimum atomic E-state index is -0.441. The van der Waals surface area contributed by atoms with Crippen LogP contribution in [0.25, 0.3) is 20.1 Å². The van der Waals surface area contributed by atoms with Gasteiger partial charge in [0.05, 0.1) is 20.0 Å². The summed E-state index contributed by atoms with van der Waals surface area (Å²) in [6.07, 6.45) is 1.92. The predicted molar refractivity (Wildman–Crippen MR) is 121 cm³/mol. The maximum atomic E-state index is 13.0. The molecule has 5 rings (SSSR count). The number of likely N-dealkylation sites (tertiary alicyclic amines) is 1. The topological polar surface area (TPSA) is 73.8 Å². The number of rotatable bonds is 2. The summed E-state index contributed by atoms with van der Waals surface area (Å²) in [5.41, 5.74) is 0.966. The van der Waals surface area contributed by atoms with E-state index in [1.807, 2.05) is 36.4 Å². The Morgan fingerprint density at radius 3 is 2.10 bits per heavy atom. The highest BCUT2D eigenvalue weighted by Gasteiger charge is 2.32. The van der Waals surface area contributed by atoms with Gasteiger partial charge in [0.1, 0.15) is 5.01 Å². The Bertz CT molecular complexity index is 1110. The normalized spacial score (nSPS) is 16.8. The summed E-state index contributed by atoms with van der Waals surface area (Å²) in [7, 11) is 0. The van der Waals surface area contributed by atoms with E-state index in [2.05, 4.69) is 4.98 Å². The van der Waals surface area contributed by atoms with Crippen LogP contribution in [0.5, 0.6) is 0 Å². The number of nitrogens with zero attached hydrogens (tertiary/aromatic N) is 4. The maximum Gasteiger partial charge on any atom is 0.312 e. The monoisotopic (exact) mass is 454 g/mol. The van der Waals surface area contributed by atoms with E-state index in [0.29, 0.717) is 44.1 Å². The molecule has 1 aromatic carbocycles. The molecular weight excluding hydrogens is 432 g/mol. The van der Waals surface area contributed by atoms with Crippen molar-refractivity contribution >= 4 is 50.6 Å². The van der Waals surface area contributed by atoms with Crippen LogP contribution >= 0.6 is 22.7 Å². The molecule has 31 heavy (non-hydrogen) atoms. The highest BCUT2D eigenvalue weighted by molar-refractivity contribution is 7.26. The van der Waals surface area contributed by atoms with Crippen molar-refractivity contribution in [2.24, 2.45) is 0 Å². The van der Waals surface area contributed by atoms with Gasteiger partial charge in [0, 0.05) is 39.3 Å². The maximum absolute atomic E-state index is 13.0. The summed E-state index contributed by atoms with van der Waals surface area (Å²) in [5.74, 6) is -0.880. The first-order valence-electron chi connectivity index (χ1n) is 10.4. The first kappa shape index (κ1) is 20.1. The van der Waals surface area contributed by atoms with E-state index < -0.39 is 11.8 Å². The molecule has 0 aliphatic carbocycles. The van der Waals surface area contributed by atoms with Gasteiger partial charge in [0.2, 0.25) is 0 Å². The summed E-state index contributed by atoms with van der Waals surface area (Å²) in [6.45, 7) is 2.98. The number of piperazine rings is 1. The van der Waals surface area contributed by atoms with Gasteiger partial charge in [-0.2, -0.15) is 0 Å². The van der Waals surface area contributed by atoms with Crippen LogP contribution in [0.3, 0.4) is 0 Å². The standard InChI is InChI=1S/C22H22N4O3S2/c27-20(18-8-7-17(30-18)19-23-15-5-1-2-6-16(15)31-19)25-11-13-26(14-12-25)22(29)21(28)24-9-3-4-10-24/h1-2,5-8H,3-4,9-14H2. The third kappa shape index (κ3) is 3.95. The zero-order valence-corrected chi connectivity index (χ0v) is 18.6. The van der Waals surface area contributed by atoms with Crippen molar-refractivity contribution in [3.05, 3.63) is 41.3 Å². The van der Waals surface area contributed by atoms with Crippen LogP contribution in [-0.4, -0.2) is 76.7 Å². The van der Waals surface area contributed by atoms with E-state index in [-0.39, 0.29) is 5.91 Å². The smallest absolute Gasteiger partial charge is 0.312 e. The molecule has 4 heterocycles. The van der Waals surface area contributed by atoms with E-state index in [1.165, 1.54) is 11.3 Å². The molecular formula is C22H22N4O3S2. The number of para-hydroxylation sites is 1. The van der Waals surface area contributed by atoms with Gasteiger partial charge in [-0.05, 0) is 37.1 Å². The van der Waals surface area contributed by atoms with E-state index in [9.17, 15) is 14.4 Å². The van der Waals surface area contributed by atoms with Crippen LogP contribution in [0.2, 0.25) is 0 Å². The molecule has 160 valence electrons. The fourth-order valence-electron chi connectivity index (χ4n) is 4.00. The molecule has 0 saturated carbocycles. The van der Waals surface area contributed by atoms with Crippen LogP contribution in [0.1, 0.15) is 22.5 Å². The molecule has 2 saturated heterocycles. The molecule has 9 heteroatoms. The Morgan fingerprint density at radius 1 is 0.742 bits per heavy atom. The fourth-order valence-corrected chi connectivity index (χ4v) is 6.00. The van der Waals surface area contributed by atoms with Gasteiger partial charge in [-0.3, -0.25) is 14.4 Å². The molecule has 2 aromatic heterocycles. The van der Waals surface area contributed by atoms with Gasteiger partial charge in [-0.15, -0.1) is 22.7 Å². The second-order valence-electron chi connectivity index (χ2n) is 7.73. The Hall–Kier alpha value is -2.78. The molecule has 2 aliphatic rings. The molecule has 2 fully saturated rings. The largest absolute Gasteiger partial charge is 0.334 e. The van der Waals surface area contributed by atoms with Crippen molar-refractivity contribution in [3.63, 3.8) is 0 Å². The minimum Gasteiger partial charge on any atom is -0.334 e. The number of carbonyl (C=O) groups is 3. The number of thiazole rings is 1. The SMILES string of the molecule is O=C(C(=O)N1CCN(C(=O)c2ccc(-c3nc4ccccc4s3)s2)CC1)N1CCCC1. The van der Waals surface area contributed by atoms with Gasteiger partial charge in [0.25, 0.3) is 5.91 Å². The Kier molecular flexibility index (Phi) is 5.45. The van der Waals surface area contributed by atoms with Crippen LogP contribution in [0, 0.1) is 0 Å². The second-order valence-corrected chi connectivity index (χ2v) is 9.85. The van der Waals surface area contributed by atoms with E-state index in [4.69, 9.17) is 0 Å². The first-order valence-corrected chi connectivity index (χ1v) is 12.1. The van der Waals surface area contributed by atoms with Crippen LogP contribution in [-0.2, 0) is 9.59 Å². The molecule has 0 atom stereocenters. The Balaban J connectivity index is 1.22. The molecule has 3 amide bonds. The molecule has 0 bridgehead atoms. The highest BCUT2D eigenvalue weighted by Crippen LogP contribution is 2.34. The molecule has 0 spiro atoms. The fraction of sp³-hybridized carbons (Fsp3) is 0.364. The Labute approximate surface area is 187 Å². The van der Waals surface area contributed by atoms with Crippen molar-refractivity contribution in [1.82, 2.24) is 19.7 Å². The molecule has 2 aliphatic heterocycles. The molecule has 3 aromatic rings. The molecule has 0 N–H and O–H groups in total. The van der Waals surface area contributed by atoms with Crippen molar-refractivity contribution in [3.8, 4) is 9.88 Å². The first-order chi connectivity index (χ1) is 15.1. The summed E-state index contributed by atoms with van der Waals surface area (Å²) >= 11 is 3.07. The minimum absolute atomic E-state index is 0.0321. The quantitative estimate of drug-likeness (QED) is 0.558. The lowest BCUT2D eigenvalue weighted by Gasteiger charge is -2.34. The number of hydrogen-bond acceptors (Lipinski definition) is 6. The van der Waals surface area contributed by atoms with Crippen LogP contribution in [0.4, 0.5) is 0 Å². The van der Waals surface area contributed by atoms with E-state index in [1.54, 1.807) is 26.0 Å². The predicted octanol–water partition coefficient (Wildman–Crippen LogP) is 2.93. The van der Waals surface area contributed by atoms with Gasteiger partial charge in [-0.1, -0.05) is 12.1 Å². The van der Waals surface area contributed by atoms with E-state index >= 15 is 0 Å². The molecule has 7 nitrogen and oxygen atoms in total. The average molecular weight is 455 g/mol. The number of fused-ring (bicyclic) bond motifs is 1. The third-order valence-corrected chi connectivity index (χ3v) is 8.03. The van der Waals surface area contributed by atoms with Crippen molar-refractivity contribution in [2.75, 3.05) is 39.3 Å². The highest BCUT2D eigenvalue weighted by atomic mass is 32.1. The summed E-state index contributed by atoms with van der Waals surface area (Å²) in [6, 6.07) is 11.8. The van der Waals surface area contributed by atoms with Gasteiger partial charge in [0.15, 0.2) is 0 Å². The average Bonchev–Trinajstić information content (AvgIpc) is 3.57. The lowest BCUT2D eigenvalue weighted by Crippen LogP contribution is -2.54. The summed E-state index contributed by atoms with van der Waals surface area (Å²) in [5, 5.41) is 0.918. The zero-order chi connectivity index (χ0) is 21.4. The third-order valence-electron chi connectivity index (χ3n) is 5.75. The summed E-state index contributed by atoms with van der Waals surface area (Å²) < 4.78 is 1.13. The number of benzene rings is 1. The molecule has 0 unspecified atom stereocenters. The van der Waals surface area contributed by atoms with Crippen molar-refractivity contribution < 1.29 is 14.4 Å². The second kappa shape index (κ2) is 8.39. The number of aromatic nitrogens is 1. The van der Waals surface area contributed by atoms with Crippen LogP contribution in [0.15, 0.2) is 36.4 Å². The number of amides is 3. The lowest BCUT2D eigenvalue weighted by molar-refractivity contribution is -0.152. The van der Waals surface area contributed by atoms with Crippen molar-refractivity contribution in [2.45, 2.75) is 12.8 Å². The number of thiophene rings is 1. The van der Waals surface area contributed by atoms with Gasteiger partial charge in [-0.25, -0.2) is 4.98 Å². The molecule has 0 radical (unpaired) electrons. The zero-order valence-electron chi connectivity index (χ0n) is 17.0. The van der Waals surface area contributed by atoms with Crippen LogP contribution < -0.4 is 0 Å². The van der Waals surface area contributed by atoms with Gasteiger partial charge < -0.3 is 14.7 Å².